The third-order valence-electron chi connectivity index (χ3n) is 6.44. The van der Waals surface area contributed by atoms with Gasteiger partial charge in [0.1, 0.15) is 30.0 Å². The highest BCUT2D eigenvalue weighted by Crippen LogP contribution is 2.34. The lowest BCUT2D eigenvalue weighted by molar-refractivity contribution is -0.136. The molecule has 0 aliphatic carbocycles. The van der Waals surface area contributed by atoms with Crippen molar-refractivity contribution in [1.82, 2.24) is 20.0 Å². The monoisotopic (exact) mass is 567 g/mol. The fourth-order valence-corrected chi connectivity index (χ4v) is 4.41. The average Bonchev–Trinajstić information content (AvgIpc) is 3.36. The number of halogens is 1. The molecule has 1 aliphatic rings. The smallest absolute Gasteiger partial charge is 0.342 e. The van der Waals surface area contributed by atoms with E-state index in [1.165, 1.54) is 34.3 Å². The fourth-order valence-electron chi connectivity index (χ4n) is 4.41. The van der Waals surface area contributed by atoms with E-state index in [9.17, 15) is 23.9 Å². The van der Waals surface area contributed by atoms with E-state index in [4.69, 9.17) is 9.47 Å². The molecule has 0 radical (unpaired) electrons. The second-order valence-corrected chi connectivity index (χ2v) is 10.4. The Bertz CT molecular complexity index is 1420. The van der Waals surface area contributed by atoms with Crippen molar-refractivity contribution in [2.45, 2.75) is 38.8 Å². The highest BCUT2D eigenvalue weighted by Gasteiger charge is 2.31. The summed E-state index contributed by atoms with van der Waals surface area (Å²) in [5.74, 6) is -0.290. The number of rotatable bonds is 9. The van der Waals surface area contributed by atoms with Crippen LogP contribution in [0.5, 0.6) is 11.5 Å². The second-order valence-electron chi connectivity index (χ2n) is 10.4. The largest absolute Gasteiger partial charge is 0.489 e. The van der Waals surface area contributed by atoms with E-state index in [1.807, 2.05) is 6.92 Å². The summed E-state index contributed by atoms with van der Waals surface area (Å²) in [6, 6.07) is 9.39. The first-order chi connectivity index (χ1) is 19.4. The summed E-state index contributed by atoms with van der Waals surface area (Å²) in [7, 11) is 1.55. The number of carbonyl (C=O) groups excluding carboxylic acids is 3. The molecule has 3 amide bonds. The quantitative estimate of drug-likeness (QED) is 0.407. The molecule has 3 aromatic rings. The minimum absolute atomic E-state index is 0.111. The van der Waals surface area contributed by atoms with Crippen molar-refractivity contribution in [2.24, 2.45) is 0 Å². The molecule has 2 aromatic carbocycles. The second kappa shape index (κ2) is 12.4. The molecule has 1 aromatic heterocycles. The van der Waals surface area contributed by atoms with E-state index in [0.717, 1.165) is 10.2 Å². The van der Waals surface area contributed by atoms with Gasteiger partial charge in [0.2, 0.25) is 0 Å². The summed E-state index contributed by atoms with van der Waals surface area (Å²) in [6.07, 6.45) is 3.42. The minimum Gasteiger partial charge on any atom is -0.489 e. The summed E-state index contributed by atoms with van der Waals surface area (Å²) in [4.78, 5) is 41.6. The first-order valence-corrected chi connectivity index (χ1v) is 13.2. The number of nitrogens with zero attached hydrogens (tertiary/aromatic N) is 4. The zero-order valence-electron chi connectivity index (χ0n) is 23.5. The maximum absolute atomic E-state index is 13.5. The van der Waals surface area contributed by atoms with Crippen LogP contribution in [-0.4, -0.2) is 82.6 Å². The molecule has 12 heteroatoms. The first-order valence-electron chi connectivity index (χ1n) is 13.2. The number of hydrogen-bond acceptors (Lipinski definition) is 7. The molecule has 2 N–H and O–H groups in total. The molecular formula is C29H34FN5O6. The Hall–Kier alpha value is -4.45. The number of aliphatic hydroxyl groups is 1. The molecule has 41 heavy (non-hydrogen) atoms. The Morgan fingerprint density at radius 3 is 2.73 bits per heavy atom. The van der Waals surface area contributed by atoms with E-state index in [-0.39, 0.29) is 31.5 Å². The van der Waals surface area contributed by atoms with Gasteiger partial charge in [-0.05, 0) is 56.2 Å². The van der Waals surface area contributed by atoms with Crippen molar-refractivity contribution in [2.75, 3.05) is 38.3 Å². The van der Waals surface area contributed by atoms with Gasteiger partial charge in [-0.25, -0.2) is 9.18 Å². The maximum atomic E-state index is 13.5. The summed E-state index contributed by atoms with van der Waals surface area (Å²) >= 11 is 0. The molecule has 11 nitrogen and oxygen atoms in total. The van der Waals surface area contributed by atoms with Crippen molar-refractivity contribution in [3.8, 4) is 11.5 Å². The standard InChI is InChI=1S/C29H34FN5O6/c1-5-34(18-29(2,3)39)26(36)17-40-22-9-10-25-24(13-22)33(4)27(37)23(16-41-25)32-28(38)35-15-20(14-31-35)11-19-7-6-8-21(30)12-19/h6-10,12-15,23,39H,5,11,16-18H2,1-4H3,(H,32,38). The number of aromatic nitrogens is 2. The fraction of sp³-hybridized carbons (Fsp3) is 0.379. The van der Waals surface area contributed by atoms with E-state index in [1.54, 1.807) is 51.2 Å². The minimum atomic E-state index is -1.04. The van der Waals surface area contributed by atoms with Crippen molar-refractivity contribution in [1.29, 1.82) is 0 Å². The van der Waals surface area contributed by atoms with Gasteiger partial charge in [0.15, 0.2) is 6.61 Å². The molecule has 2 heterocycles. The number of carbonyl (C=O) groups is 3. The van der Waals surface area contributed by atoms with Crippen LogP contribution in [0, 0.1) is 5.82 Å². The number of ether oxygens (including phenoxy) is 2. The van der Waals surface area contributed by atoms with Crippen LogP contribution in [0.4, 0.5) is 14.9 Å². The van der Waals surface area contributed by atoms with E-state index in [2.05, 4.69) is 10.4 Å². The molecule has 4 rings (SSSR count). The predicted octanol–water partition coefficient (Wildman–Crippen LogP) is 2.59. The van der Waals surface area contributed by atoms with E-state index < -0.39 is 23.6 Å². The summed E-state index contributed by atoms with van der Waals surface area (Å²) in [5.41, 5.74) is 0.815. The van der Waals surface area contributed by atoms with E-state index in [0.29, 0.717) is 35.7 Å². The van der Waals surface area contributed by atoms with Gasteiger partial charge < -0.3 is 29.7 Å². The zero-order chi connectivity index (χ0) is 29.7. The summed E-state index contributed by atoms with van der Waals surface area (Å²) in [5, 5.41) is 16.8. The van der Waals surface area contributed by atoms with Crippen molar-refractivity contribution >= 4 is 23.5 Å². The molecule has 1 unspecified atom stereocenters. The van der Waals surface area contributed by atoms with Gasteiger partial charge in [0.25, 0.3) is 11.8 Å². The van der Waals surface area contributed by atoms with Gasteiger partial charge in [0.05, 0.1) is 17.5 Å². The van der Waals surface area contributed by atoms with Crippen molar-refractivity contribution in [3.63, 3.8) is 0 Å². The van der Waals surface area contributed by atoms with Crippen LogP contribution >= 0.6 is 0 Å². The molecule has 0 saturated carbocycles. The Labute approximate surface area is 237 Å². The topological polar surface area (TPSA) is 126 Å². The summed E-state index contributed by atoms with van der Waals surface area (Å²) in [6.45, 7) is 5.30. The highest BCUT2D eigenvalue weighted by molar-refractivity contribution is 6.00. The normalized spacial score (nSPS) is 15.0. The van der Waals surface area contributed by atoms with Gasteiger partial charge in [-0.2, -0.15) is 9.78 Å². The summed E-state index contributed by atoms with van der Waals surface area (Å²) < 4.78 is 26.1. The Morgan fingerprint density at radius 1 is 1.24 bits per heavy atom. The number of benzene rings is 2. The number of likely N-dealkylation sites (N-methyl/N-ethyl adjacent to an activating group) is 2. The van der Waals surface area contributed by atoms with Gasteiger partial charge in [-0.3, -0.25) is 9.59 Å². The predicted molar refractivity (Wildman–Crippen MR) is 149 cm³/mol. The molecule has 218 valence electrons. The van der Waals surface area contributed by atoms with Gasteiger partial charge in [-0.15, -0.1) is 0 Å². The molecular weight excluding hydrogens is 533 g/mol. The van der Waals surface area contributed by atoms with Gasteiger partial charge >= 0.3 is 6.03 Å². The average molecular weight is 568 g/mol. The SMILES string of the molecule is CCN(CC(C)(C)O)C(=O)COc1ccc2c(c1)N(C)C(=O)C(NC(=O)n1cc(Cc3cccc(F)c3)cn1)CO2. The lowest BCUT2D eigenvalue weighted by atomic mass is 10.1. The lowest BCUT2D eigenvalue weighted by Gasteiger charge is -2.28. The molecule has 0 spiro atoms. The third-order valence-corrected chi connectivity index (χ3v) is 6.44. The Balaban J connectivity index is 1.38. The van der Waals surface area contributed by atoms with Crippen molar-refractivity contribution < 1.29 is 33.4 Å². The zero-order valence-corrected chi connectivity index (χ0v) is 23.5. The molecule has 1 aliphatic heterocycles. The Morgan fingerprint density at radius 2 is 2.02 bits per heavy atom. The van der Waals surface area contributed by atoms with Crippen LogP contribution in [0.2, 0.25) is 0 Å². The molecule has 0 saturated heterocycles. The molecule has 0 bridgehead atoms. The number of anilines is 1. The van der Waals surface area contributed by atoms with Crippen LogP contribution in [0.25, 0.3) is 0 Å². The highest BCUT2D eigenvalue weighted by atomic mass is 19.1. The lowest BCUT2D eigenvalue weighted by Crippen LogP contribution is -2.50. The number of nitrogens with one attached hydrogen (secondary N) is 1. The van der Waals surface area contributed by atoms with Crippen LogP contribution < -0.4 is 19.7 Å². The van der Waals surface area contributed by atoms with Crippen LogP contribution in [0.1, 0.15) is 31.9 Å². The van der Waals surface area contributed by atoms with Gasteiger partial charge in [-0.1, -0.05) is 12.1 Å². The van der Waals surface area contributed by atoms with Crippen molar-refractivity contribution in [3.05, 3.63) is 71.8 Å². The first kappa shape index (κ1) is 29.5. The van der Waals surface area contributed by atoms with E-state index >= 15 is 0 Å². The molecule has 1 atom stereocenters. The third kappa shape index (κ3) is 7.60. The van der Waals surface area contributed by atoms with Crippen LogP contribution in [0.3, 0.4) is 0 Å². The number of hydrogen-bond donors (Lipinski definition) is 2. The van der Waals surface area contributed by atoms with Crippen LogP contribution in [0.15, 0.2) is 54.9 Å². The van der Waals surface area contributed by atoms with Crippen LogP contribution in [-0.2, 0) is 16.0 Å². The number of amides is 3. The maximum Gasteiger partial charge on any atom is 0.342 e. The Kier molecular flexibility index (Phi) is 8.92. The number of fused-ring (bicyclic) bond motifs is 1. The van der Waals surface area contributed by atoms with Gasteiger partial charge in [0, 0.05) is 38.8 Å². The molecule has 0 fully saturated rings.